The van der Waals surface area contributed by atoms with Crippen molar-refractivity contribution in [3.8, 4) is 0 Å². The molecule has 1 nitrogen and oxygen atoms in total. The molecule has 0 spiro atoms. The van der Waals surface area contributed by atoms with Crippen LogP contribution in [0.2, 0.25) is 0 Å². The number of fused-ring (bicyclic) bond motifs is 2. The van der Waals surface area contributed by atoms with Crippen LogP contribution in [0, 0.1) is 16.7 Å². The smallest absolute Gasteiger partial charge is 0.139 e. The first-order valence-electron chi connectivity index (χ1n) is 4.52. The standard InChI is InChI=1S/C10H16O.K/c1-9(2)7-4-5-10(9,3)8(11)6-7;/h7H,4-6H2,1-3H3;. The third-order valence-electron chi connectivity index (χ3n) is 4.48. The van der Waals surface area contributed by atoms with Gasteiger partial charge in [-0.2, -0.15) is 0 Å². The van der Waals surface area contributed by atoms with Gasteiger partial charge in [-0.15, -0.1) is 0 Å². The molecule has 2 aliphatic rings. The van der Waals surface area contributed by atoms with Crippen molar-refractivity contribution in [1.29, 1.82) is 0 Å². The predicted octanol–water partition coefficient (Wildman–Crippen LogP) is 2.02. The molecule has 0 saturated heterocycles. The summed E-state index contributed by atoms with van der Waals surface area (Å²) >= 11 is 0. The van der Waals surface area contributed by atoms with E-state index in [1.165, 1.54) is 6.42 Å². The van der Waals surface area contributed by atoms with Gasteiger partial charge in [0.1, 0.15) is 5.78 Å². The number of ketones is 1. The molecule has 2 unspecified atom stereocenters. The van der Waals surface area contributed by atoms with Crippen LogP contribution in [0.15, 0.2) is 0 Å². The normalized spacial score (nSPS) is 42.9. The van der Waals surface area contributed by atoms with Gasteiger partial charge in [0.2, 0.25) is 0 Å². The zero-order chi connectivity index (χ0) is 8.28. The Morgan fingerprint density at radius 1 is 1.33 bits per heavy atom. The molecule has 2 rings (SSSR count). The molecule has 12 heavy (non-hydrogen) atoms. The molecule has 0 aromatic carbocycles. The van der Waals surface area contributed by atoms with Crippen molar-refractivity contribution in [2.24, 2.45) is 16.7 Å². The van der Waals surface area contributed by atoms with E-state index in [0.717, 1.165) is 12.8 Å². The molecule has 63 valence electrons. The van der Waals surface area contributed by atoms with Gasteiger partial charge in [0.15, 0.2) is 0 Å². The zero-order valence-corrected chi connectivity index (χ0v) is 11.7. The summed E-state index contributed by atoms with van der Waals surface area (Å²) in [7, 11) is 0. The number of rotatable bonds is 0. The van der Waals surface area contributed by atoms with E-state index in [4.69, 9.17) is 0 Å². The molecule has 2 aliphatic carbocycles. The van der Waals surface area contributed by atoms with Crippen molar-refractivity contribution >= 4 is 57.2 Å². The fourth-order valence-corrected chi connectivity index (χ4v) is 2.90. The van der Waals surface area contributed by atoms with Crippen molar-refractivity contribution in [2.75, 3.05) is 0 Å². The second-order valence-corrected chi connectivity index (χ2v) is 4.92. The zero-order valence-electron chi connectivity index (χ0n) is 8.61. The van der Waals surface area contributed by atoms with Crippen molar-refractivity contribution in [3.63, 3.8) is 0 Å². The quantitative estimate of drug-likeness (QED) is 0.535. The summed E-state index contributed by atoms with van der Waals surface area (Å²) in [4.78, 5) is 11.6. The molecular weight excluding hydrogens is 175 g/mol. The van der Waals surface area contributed by atoms with Crippen LogP contribution in [0.1, 0.15) is 40.0 Å². The first-order chi connectivity index (χ1) is 4.98. The number of carbonyl (C=O) groups excluding carboxylic acids is 1. The molecule has 2 atom stereocenters. The van der Waals surface area contributed by atoms with Crippen LogP contribution in [0.25, 0.3) is 0 Å². The monoisotopic (exact) mass is 191 g/mol. The van der Waals surface area contributed by atoms with Gasteiger partial charge < -0.3 is 0 Å². The van der Waals surface area contributed by atoms with Gasteiger partial charge in [0.25, 0.3) is 0 Å². The maximum absolute atomic E-state index is 11.6. The molecule has 2 bridgehead atoms. The molecule has 2 fully saturated rings. The summed E-state index contributed by atoms with van der Waals surface area (Å²) < 4.78 is 0. The van der Waals surface area contributed by atoms with E-state index in [-0.39, 0.29) is 62.2 Å². The van der Waals surface area contributed by atoms with E-state index in [1.807, 2.05) is 0 Å². The van der Waals surface area contributed by atoms with Gasteiger partial charge >= 0.3 is 0 Å². The first-order valence-corrected chi connectivity index (χ1v) is 4.52. The minimum atomic E-state index is 0. The van der Waals surface area contributed by atoms with Gasteiger partial charge in [-0.05, 0) is 24.2 Å². The first kappa shape index (κ1) is 11.4. The molecule has 0 N–H and O–H groups in total. The van der Waals surface area contributed by atoms with E-state index in [9.17, 15) is 4.79 Å². The Labute approximate surface area is 117 Å². The molecule has 0 heterocycles. The Morgan fingerprint density at radius 3 is 2.08 bits per heavy atom. The summed E-state index contributed by atoms with van der Waals surface area (Å²) in [6, 6.07) is 0. The van der Waals surface area contributed by atoms with Gasteiger partial charge in [0, 0.05) is 63.2 Å². The minimum absolute atomic E-state index is 0. The van der Waals surface area contributed by atoms with Crippen molar-refractivity contribution in [1.82, 2.24) is 0 Å². The number of carbonyl (C=O) groups is 1. The summed E-state index contributed by atoms with van der Waals surface area (Å²) in [5.41, 5.74) is 0.307. The van der Waals surface area contributed by atoms with Crippen LogP contribution >= 0.6 is 0 Å². The SMILES string of the molecule is CC12CCC(CC1=O)C2(C)C.[K]. The van der Waals surface area contributed by atoms with Crippen LogP contribution < -0.4 is 0 Å². The second-order valence-electron chi connectivity index (χ2n) is 4.92. The molecule has 2 heteroatoms. The average molecular weight is 191 g/mol. The van der Waals surface area contributed by atoms with E-state index < -0.39 is 0 Å². The van der Waals surface area contributed by atoms with Gasteiger partial charge in [-0.25, -0.2) is 0 Å². The van der Waals surface area contributed by atoms with Crippen molar-refractivity contribution in [3.05, 3.63) is 0 Å². The van der Waals surface area contributed by atoms with Gasteiger partial charge in [-0.3, -0.25) is 4.79 Å². The van der Waals surface area contributed by atoms with Crippen LogP contribution in [0.3, 0.4) is 0 Å². The Morgan fingerprint density at radius 2 is 1.92 bits per heavy atom. The Kier molecular flexibility index (Phi) is 3.00. The Balaban J connectivity index is 0.000000720. The average Bonchev–Trinajstić information content (AvgIpc) is 2.20. The molecule has 0 amide bonds. The maximum Gasteiger partial charge on any atom is 0.139 e. The van der Waals surface area contributed by atoms with E-state index in [0.29, 0.717) is 11.7 Å². The summed E-state index contributed by atoms with van der Waals surface area (Å²) in [6.45, 7) is 6.67. The second kappa shape index (κ2) is 3.16. The third kappa shape index (κ3) is 1.15. The predicted molar refractivity (Wildman–Crippen MR) is 50.0 cm³/mol. The van der Waals surface area contributed by atoms with Crippen LogP contribution in [-0.2, 0) is 4.79 Å². The minimum Gasteiger partial charge on any atom is -0.299 e. The topological polar surface area (TPSA) is 17.1 Å². The third-order valence-corrected chi connectivity index (χ3v) is 4.48. The fraction of sp³-hybridized carbons (Fsp3) is 0.900. The van der Waals surface area contributed by atoms with E-state index in [2.05, 4.69) is 20.8 Å². The summed E-state index contributed by atoms with van der Waals surface area (Å²) in [5, 5.41) is 0. The van der Waals surface area contributed by atoms with E-state index >= 15 is 0 Å². The number of hydrogen-bond acceptors (Lipinski definition) is 1. The number of hydrogen-bond donors (Lipinski definition) is 0. The molecule has 2 saturated carbocycles. The van der Waals surface area contributed by atoms with Crippen molar-refractivity contribution < 1.29 is 4.79 Å². The molecule has 0 aliphatic heterocycles. The molecule has 1 radical (unpaired) electrons. The van der Waals surface area contributed by atoms with E-state index in [1.54, 1.807) is 0 Å². The van der Waals surface area contributed by atoms with Crippen LogP contribution in [0.5, 0.6) is 0 Å². The largest absolute Gasteiger partial charge is 0.299 e. The van der Waals surface area contributed by atoms with Crippen LogP contribution in [0.4, 0.5) is 0 Å². The maximum atomic E-state index is 11.6. The Hall–Kier alpha value is 1.31. The summed E-state index contributed by atoms with van der Waals surface area (Å²) in [5.74, 6) is 1.19. The van der Waals surface area contributed by atoms with Crippen LogP contribution in [-0.4, -0.2) is 57.2 Å². The molecule has 0 aromatic heterocycles. The molecule has 0 aromatic rings. The summed E-state index contributed by atoms with van der Waals surface area (Å²) in [6.07, 6.45) is 3.25. The fourth-order valence-electron chi connectivity index (χ4n) is 2.90. The van der Waals surface area contributed by atoms with Gasteiger partial charge in [-0.1, -0.05) is 20.8 Å². The Bertz CT molecular complexity index is 222. The number of Topliss-reactive ketones (excluding diaryl/α,β-unsaturated/α-hetero) is 1. The van der Waals surface area contributed by atoms with Crippen molar-refractivity contribution in [2.45, 2.75) is 40.0 Å². The molecular formula is C10H16KO. The van der Waals surface area contributed by atoms with Gasteiger partial charge in [0.05, 0.1) is 0 Å².